The Balaban J connectivity index is 1.28. The highest BCUT2D eigenvalue weighted by Gasteiger charge is 2.34. The fourth-order valence-electron chi connectivity index (χ4n) is 3.02. The number of aromatic amines is 1. The van der Waals surface area contributed by atoms with Gasteiger partial charge in [-0.3, -0.25) is 14.5 Å². The van der Waals surface area contributed by atoms with Crippen molar-refractivity contribution >= 4 is 34.7 Å². The fraction of sp³-hybridized carbons (Fsp3) is 0.263. The molecule has 27 heavy (non-hydrogen) atoms. The first kappa shape index (κ1) is 17.5. The molecule has 0 fully saturated rings. The lowest BCUT2D eigenvalue weighted by Gasteiger charge is -2.13. The van der Waals surface area contributed by atoms with Crippen molar-refractivity contribution in [3.63, 3.8) is 0 Å². The van der Waals surface area contributed by atoms with Crippen LogP contribution in [0.5, 0.6) is 5.88 Å². The number of H-pyrrole nitrogens is 1. The van der Waals surface area contributed by atoms with Crippen LogP contribution in [-0.2, 0) is 0 Å². The third-order valence-electron chi connectivity index (χ3n) is 4.40. The number of hydrogen-bond acceptors (Lipinski definition) is 6. The minimum absolute atomic E-state index is 0.194. The number of imide groups is 1. The number of unbranched alkanes of at least 4 members (excludes halogenated alkanes) is 1. The second-order valence-electron chi connectivity index (χ2n) is 6.13. The van der Waals surface area contributed by atoms with Crippen molar-refractivity contribution in [2.24, 2.45) is 0 Å². The van der Waals surface area contributed by atoms with Gasteiger partial charge in [-0.1, -0.05) is 23.9 Å². The van der Waals surface area contributed by atoms with Gasteiger partial charge in [-0.25, -0.2) is 4.98 Å². The first-order valence-corrected chi connectivity index (χ1v) is 9.64. The van der Waals surface area contributed by atoms with Gasteiger partial charge in [0.1, 0.15) is 0 Å². The van der Waals surface area contributed by atoms with E-state index in [0.717, 1.165) is 29.3 Å². The van der Waals surface area contributed by atoms with Crippen LogP contribution >= 0.6 is 11.8 Å². The third-order valence-corrected chi connectivity index (χ3v) is 5.36. The summed E-state index contributed by atoms with van der Waals surface area (Å²) in [5, 5.41) is 0.798. The van der Waals surface area contributed by atoms with Gasteiger partial charge in [0.2, 0.25) is 5.88 Å². The van der Waals surface area contributed by atoms with E-state index in [4.69, 9.17) is 4.74 Å². The van der Waals surface area contributed by atoms with Gasteiger partial charge < -0.3 is 9.72 Å². The molecule has 7 nitrogen and oxygen atoms in total. The van der Waals surface area contributed by atoms with Crippen molar-refractivity contribution in [2.75, 3.05) is 19.4 Å². The number of carbonyl (C=O) groups excluding carboxylic acids is 2. The number of carbonyl (C=O) groups is 2. The number of ether oxygens (including phenoxy) is 1. The van der Waals surface area contributed by atoms with Crippen molar-refractivity contribution in [3.8, 4) is 5.88 Å². The Bertz CT molecular complexity index is 982. The number of thioether (sulfide) groups is 1. The van der Waals surface area contributed by atoms with Crippen molar-refractivity contribution in [1.29, 1.82) is 0 Å². The lowest BCUT2D eigenvalue weighted by atomic mass is 10.1. The predicted octanol–water partition coefficient (Wildman–Crippen LogP) is 3.14. The van der Waals surface area contributed by atoms with E-state index in [1.807, 2.05) is 6.07 Å². The van der Waals surface area contributed by atoms with Crippen LogP contribution in [0.3, 0.4) is 0 Å². The van der Waals surface area contributed by atoms with Crippen LogP contribution in [0.1, 0.15) is 33.6 Å². The number of nitrogens with zero attached hydrogens (tertiary/aromatic N) is 3. The van der Waals surface area contributed by atoms with Gasteiger partial charge in [0.15, 0.2) is 10.8 Å². The Kier molecular flexibility index (Phi) is 4.81. The first-order valence-electron chi connectivity index (χ1n) is 8.66. The highest BCUT2D eigenvalue weighted by atomic mass is 32.2. The minimum Gasteiger partial charge on any atom is -0.481 e. The molecule has 0 spiro atoms. The van der Waals surface area contributed by atoms with Gasteiger partial charge in [-0.15, -0.1) is 0 Å². The highest BCUT2D eigenvalue weighted by molar-refractivity contribution is 7.99. The molecular weight excluding hydrogens is 364 g/mol. The number of hydrogen-bond donors (Lipinski definition) is 1. The zero-order chi connectivity index (χ0) is 18.8. The van der Waals surface area contributed by atoms with Gasteiger partial charge in [-0.05, 0) is 31.0 Å². The summed E-state index contributed by atoms with van der Waals surface area (Å²) in [5.74, 6) is 0.979. The lowest BCUT2D eigenvalue weighted by molar-refractivity contribution is 0.0652. The Morgan fingerprint density at radius 2 is 1.78 bits per heavy atom. The molecule has 2 amide bonds. The molecule has 0 radical (unpaired) electrons. The molecule has 0 bridgehead atoms. The molecule has 0 saturated heterocycles. The average molecular weight is 382 g/mol. The molecule has 1 aliphatic heterocycles. The molecule has 0 unspecified atom stereocenters. The highest BCUT2D eigenvalue weighted by Crippen LogP contribution is 2.24. The zero-order valence-corrected chi connectivity index (χ0v) is 15.6. The third kappa shape index (κ3) is 3.40. The fourth-order valence-corrected chi connectivity index (χ4v) is 3.89. The second-order valence-corrected chi connectivity index (χ2v) is 7.21. The maximum absolute atomic E-state index is 12.3. The van der Waals surface area contributed by atoms with E-state index in [2.05, 4.69) is 15.0 Å². The van der Waals surface area contributed by atoms with Crippen molar-refractivity contribution in [2.45, 2.75) is 18.0 Å². The van der Waals surface area contributed by atoms with E-state index in [9.17, 15) is 9.59 Å². The summed E-state index contributed by atoms with van der Waals surface area (Å²) in [4.78, 5) is 37.9. The van der Waals surface area contributed by atoms with Crippen molar-refractivity contribution in [3.05, 3.63) is 47.5 Å². The number of imidazole rings is 1. The van der Waals surface area contributed by atoms with E-state index in [-0.39, 0.29) is 11.8 Å². The summed E-state index contributed by atoms with van der Waals surface area (Å²) < 4.78 is 5.10. The van der Waals surface area contributed by atoms with Crippen LogP contribution in [0.2, 0.25) is 0 Å². The molecule has 1 aromatic carbocycles. The number of pyridine rings is 1. The van der Waals surface area contributed by atoms with Gasteiger partial charge in [-0.2, -0.15) is 4.98 Å². The quantitative estimate of drug-likeness (QED) is 0.384. The largest absolute Gasteiger partial charge is 0.481 e. The topological polar surface area (TPSA) is 88.2 Å². The summed E-state index contributed by atoms with van der Waals surface area (Å²) in [7, 11) is 1.57. The molecule has 0 atom stereocenters. The monoisotopic (exact) mass is 382 g/mol. The Labute approximate surface area is 160 Å². The van der Waals surface area contributed by atoms with Crippen LogP contribution in [0.15, 0.2) is 41.6 Å². The van der Waals surface area contributed by atoms with Gasteiger partial charge >= 0.3 is 0 Å². The predicted molar refractivity (Wildman–Crippen MR) is 102 cm³/mol. The second kappa shape index (κ2) is 7.40. The molecule has 3 aromatic rings. The Morgan fingerprint density at radius 1 is 1.04 bits per heavy atom. The maximum Gasteiger partial charge on any atom is 0.261 e. The van der Waals surface area contributed by atoms with E-state index >= 15 is 0 Å². The molecule has 1 N–H and O–H groups in total. The number of fused-ring (bicyclic) bond motifs is 2. The zero-order valence-electron chi connectivity index (χ0n) is 14.8. The minimum atomic E-state index is -0.194. The smallest absolute Gasteiger partial charge is 0.261 e. The number of amides is 2. The van der Waals surface area contributed by atoms with Gasteiger partial charge in [0.05, 0.1) is 23.8 Å². The number of methoxy groups -OCH3 is 1. The van der Waals surface area contributed by atoms with Crippen LogP contribution in [-0.4, -0.2) is 51.1 Å². The van der Waals surface area contributed by atoms with Crippen LogP contribution in [0.25, 0.3) is 11.2 Å². The Morgan fingerprint density at radius 3 is 2.48 bits per heavy atom. The molecule has 2 aromatic heterocycles. The standard InChI is InChI=1S/C19H18N4O3S/c1-26-15-9-8-14-16(21-15)22-19(20-14)27-11-5-4-10-23-17(24)12-6-2-3-7-13(12)18(23)25/h2-3,6-9H,4-5,10-11H2,1H3,(H,20,21,22). The van der Waals surface area contributed by atoms with E-state index < -0.39 is 0 Å². The molecule has 4 rings (SSSR count). The summed E-state index contributed by atoms with van der Waals surface area (Å²) >= 11 is 1.60. The van der Waals surface area contributed by atoms with E-state index in [1.54, 1.807) is 49.2 Å². The van der Waals surface area contributed by atoms with Crippen molar-refractivity contribution in [1.82, 2.24) is 19.9 Å². The molecule has 0 aliphatic carbocycles. The molecule has 8 heteroatoms. The maximum atomic E-state index is 12.3. The SMILES string of the molecule is COc1ccc2[nH]c(SCCCCN3C(=O)c4ccccc4C3=O)nc2n1. The summed E-state index contributed by atoms with van der Waals surface area (Å²) in [5.41, 5.74) is 2.50. The molecule has 1 aliphatic rings. The number of nitrogens with one attached hydrogen (secondary N) is 1. The average Bonchev–Trinajstić information content (AvgIpc) is 3.21. The lowest BCUT2D eigenvalue weighted by Crippen LogP contribution is -2.30. The molecule has 0 saturated carbocycles. The summed E-state index contributed by atoms with van der Waals surface area (Å²) in [6.45, 7) is 0.436. The molecule has 3 heterocycles. The van der Waals surface area contributed by atoms with Crippen LogP contribution < -0.4 is 4.74 Å². The summed E-state index contributed by atoms with van der Waals surface area (Å²) in [6, 6.07) is 10.6. The molecular formula is C19H18N4O3S. The number of rotatable bonds is 7. The Hall–Kier alpha value is -2.87. The van der Waals surface area contributed by atoms with Gasteiger partial charge in [0.25, 0.3) is 11.8 Å². The van der Waals surface area contributed by atoms with Crippen LogP contribution in [0.4, 0.5) is 0 Å². The number of benzene rings is 1. The molecule has 138 valence electrons. The van der Waals surface area contributed by atoms with E-state index in [1.165, 1.54) is 4.90 Å². The van der Waals surface area contributed by atoms with Gasteiger partial charge in [0, 0.05) is 18.4 Å². The first-order chi connectivity index (χ1) is 13.2. The van der Waals surface area contributed by atoms with Crippen molar-refractivity contribution < 1.29 is 14.3 Å². The van der Waals surface area contributed by atoms with E-state index in [0.29, 0.717) is 29.2 Å². The number of aromatic nitrogens is 3. The summed E-state index contributed by atoms with van der Waals surface area (Å²) in [6.07, 6.45) is 1.62. The van der Waals surface area contributed by atoms with Crippen LogP contribution in [0, 0.1) is 0 Å². The normalized spacial score (nSPS) is 13.4.